The predicted octanol–water partition coefficient (Wildman–Crippen LogP) is 5.38. The van der Waals surface area contributed by atoms with Crippen molar-refractivity contribution >= 4 is 32.0 Å². The van der Waals surface area contributed by atoms with Crippen LogP contribution in [0.4, 0.5) is 0 Å². The Morgan fingerprint density at radius 2 is 1.85 bits per heavy atom. The second-order valence-electron chi connectivity index (χ2n) is 11.0. The zero-order valence-electron chi connectivity index (χ0n) is 21.9. The third-order valence-corrected chi connectivity index (χ3v) is 10.4. The van der Waals surface area contributed by atoms with E-state index in [0.717, 1.165) is 55.1 Å². The lowest BCUT2D eigenvalue weighted by atomic mass is 9.78. The zero-order chi connectivity index (χ0) is 26.8. The highest BCUT2D eigenvalue weighted by atomic mass is 32.2. The molecule has 1 N–H and O–H groups in total. The van der Waals surface area contributed by atoms with Gasteiger partial charge in [0.15, 0.2) is 0 Å². The number of aromatic nitrogens is 3. The van der Waals surface area contributed by atoms with Crippen LogP contribution >= 0.6 is 0 Å². The largest absolute Gasteiger partial charge is 0.493 e. The van der Waals surface area contributed by atoms with Crippen molar-refractivity contribution in [3.05, 3.63) is 66.1 Å². The number of hydrogen-bond donors (Lipinski definition) is 1. The molecule has 1 aromatic carbocycles. The maximum Gasteiger partial charge on any atom is 0.214 e. The van der Waals surface area contributed by atoms with Gasteiger partial charge >= 0.3 is 0 Å². The molecule has 1 saturated heterocycles. The molecule has 0 bridgehead atoms. The van der Waals surface area contributed by atoms with Crippen molar-refractivity contribution in [2.24, 2.45) is 11.8 Å². The number of sulfonamides is 1. The number of benzene rings is 1. The monoisotopic (exact) mass is 543 g/mol. The molecule has 4 heterocycles. The number of piperidine rings is 1. The molecule has 3 aromatic heterocycles. The molecule has 1 aliphatic carbocycles. The van der Waals surface area contributed by atoms with Crippen LogP contribution in [0, 0.1) is 23.2 Å². The Hall–Kier alpha value is -3.48. The minimum absolute atomic E-state index is 0.166. The van der Waals surface area contributed by atoms with E-state index < -0.39 is 10.0 Å². The van der Waals surface area contributed by atoms with E-state index >= 15 is 0 Å². The lowest BCUT2D eigenvalue weighted by Crippen LogP contribution is -2.43. The normalized spacial score (nSPS) is 22.6. The summed E-state index contributed by atoms with van der Waals surface area (Å²) in [7, 11) is -3.33. The molecule has 0 spiro atoms. The molecule has 8 nitrogen and oxygen atoms in total. The Kier molecular flexibility index (Phi) is 7.24. The second kappa shape index (κ2) is 10.9. The average Bonchev–Trinajstić information content (AvgIpc) is 3.46. The first kappa shape index (κ1) is 25.8. The van der Waals surface area contributed by atoms with Crippen molar-refractivity contribution in [1.82, 2.24) is 19.3 Å². The van der Waals surface area contributed by atoms with E-state index in [4.69, 9.17) is 10.00 Å². The summed E-state index contributed by atoms with van der Waals surface area (Å²) in [4.78, 5) is 12.2. The first-order valence-electron chi connectivity index (χ1n) is 13.8. The van der Waals surface area contributed by atoms with Crippen molar-refractivity contribution in [1.29, 1.82) is 5.26 Å². The molecule has 1 saturated carbocycles. The summed E-state index contributed by atoms with van der Waals surface area (Å²) in [5.41, 5.74) is 3.68. The molecule has 1 aliphatic heterocycles. The quantitative estimate of drug-likeness (QED) is 0.335. The van der Waals surface area contributed by atoms with Crippen LogP contribution in [0.5, 0.6) is 5.75 Å². The molecule has 202 valence electrons. The highest BCUT2D eigenvalue weighted by Gasteiger charge is 2.33. The van der Waals surface area contributed by atoms with Gasteiger partial charge in [0.05, 0.1) is 35.7 Å². The van der Waals surface area contributed by atoms with Gasteiger partial charge in [-0.25, -0.2) is 17.7 Å². The van der Waals surface area contributed by atoms with E-state index in [-0.39, 0.29) is 17.6 Å². The van der Waals surface area contributed by atoms with Gasteiger partial charge in [-0.2, -0.15) is 5.26 Å². The Balaban J connectivity index is 1.06. The number of hydrogen-bond acceptors (Lipinski definition) is 6. The Morgan fingerprint density at radius 1 is 1.03 bits per heavy atom. The van der Waals surface area contributed by atoms with Crippen LogP contribution in [0.1, 0.15) is 55.6 Å². The molecule has 1 atom stereocenters. The minimum atomic E-state index is -3.33. The lowest BCUT2D eigenvalue weighted by Gasteiger charge is -2.34. The number of H-pyrrole nitrogens is 1. The SMILES string of the molecule is N#Cc1ccc(OCC2CCCN(S(=O)(=O)CC3CCC(c4ccnc5cnc6[nH]ccc6c45)CC3)C2)cc1. The lowest BCUT2D eigenvalue weighted by molar-refractivity contribution is 0.179. The third kappa shape index (κ3) is 5.49. The van der Waals surface area contributed by atoms with Crippen molar-refractivity contribution in [2.45, 2.75) is 44.4 Å². The van der Waals surface area contributed by atoms with Crippen LogP contribution in [-0.4, -0.2) is 53.1 Å². The number of pyridine rings is 2. The summed E-state index contributed by atoms with van der Waals surface area (Å²) in [6.45, 7) is 1.58. The van der Waals surface area contributed by atoms with Gasteiger partial charge < -0.3 is 9.72 Å². The van der Waals surface area contributed by atoms with E-state index in [1.165, 1.54) is 10.9 Å². The highest BCUT2D eigenvalue weighted by molar-refractivity contribution is 7.89. The van der Waals surface area contributed by atoms with E-state index in [1.807, 2.05) is 18.6 Å². The van der Waals surface area contributed by atoms with Crippen LogP contribution in [0.3, 0.4) is 0 Å². The first-order valence-corrected chi connectivity index (χ1v) is 15.4. The van der Waals surface area contributed by atoms with Crippen molar-refractivity contribution < 1.29 is 13.2 Å². The maximum atomic E-state index is 13.4. The van der Waals surface area contributed by atoms with Gasteiger partial charge in [0.25, 0.3) is 0 Å². The zero-order valence-corrected chi connectivity index (χ0v) is 22.7. The van der Waals surface area contributed by atoms with Crippen LogP contribution in [-0.2, 0) is 10.0 Å². The molecule has 39 heavy (non-hydrogen) atoms. The van der Waals surface area contributed by atoms with Gasteiger partial charge in [0, 0.05) is 42.2 Å². The van der Waals surface area contributed by atoms with Gasteiger partial charge in [-0.15, -0.1) is 0 Å². The van der Waals surface area contributed by atoms with Crippen molar-refractivity contribution in [3.8, 4) is 11.8 Å². The third-order valence-electron chi connectivity index (χ3n) is 8.40. The summed E-state index contributed by atoms with van der Waals surface area (Å²) in [6.07, 6.45) is 11.2. The van der Waals surface area contributed by atoms with Gasteiger partial charge in [0.2, 0.25) is 10.0 Å². The topological polar surface area (TPSA) is 112 Å². The molecule has 2 fully saturated rings. The molecule has 1 unspecified atom stereocenters. The molecular formula is C30H33N5O3S. The predicted molar refractivity (Wildman–Crippen MR) is 151 cm³/mol. The first-order chi connectivity index (χ1) is 19.0. The Labute approximate surface area is 229 Å². The summed E-state index contributed by atoms with van der Waals surface area (Å²) < 4.78 is 34.5. The minimum Gasteiger partial charge on any atom is -0.493 e. The standard InChI is InChI=1S/C30H33N5O3S/c31-16-21-5-9-25(10-6-21)38-19-23-2-1-15-35(18-23)39(36,37)20-22-3-7-24(8-4-22)26-11-13-32-28-17-34-30-27(29(26)28)12-14-33-30/h5-6,9-14,17,22-24H,1-4,7-8,15,18-20H2,(H,33,34). The summed E-state index contributed by atoms with van der Waals surface area (Å²) in [5, 5.41) is 11.2. The van der Waals surface area contributed by atoms with E-state index in [2.05, 4.69) is 33.2 Å². The molecule has 6 rings (SSSR count). The fourth-order valence-corrected chi connectivity index (χ4v) is 8.30. The Bertz CT molecular complexity index is 1600. The molecule has 9 heteroatoms. The van der Waals surface area contributed by atoms with Crippen LogP contribution < -0.4 is 4.74 Å². The van der Waals surface area contributed by atoms with Crippen LogP contribution in [0.25, 0.3) is 21.9 Å². The molecule has 2 aliphatic rings. The summed E-state index contributed by atoms with van der Waals surface area (Å²) in [6, 6.07) is 13.3. The number of fused-ring (bicyclic) bond motifs is 3. The molecule has 4 aromatic rings. The number of ether oxygens (including phenoxy) is 1. The summed E-state index contributed by atoms with van der Waals surface area (Å²) >= 11 is 0. The number of nitrogens with zero attached hydrogens (tertiary/aromatic N) is 4. The van der Waals surface area contributed by atoms with Crippen LogP contribution in [0.2, 0.25) is 0 Å². The summed E-state index contributed by atoms with van der Waals surface area (Å²) in [5.74, 6) is 1.68. The fourth-order valence-electron chi connectivity index (χ4n) is 6.32. The number of nitriles is 1. The van der Waals surface area contributed by atoms with Crippen molar-refractivity contribution in [3.63, 3.8) is 0 Å². The number of aromatic amines is 1. The molecule has 0 radical (unpaired) electrons. The van der Waals surface area contributed by atoms with Crippen molar-refractivity contribution in [2.75, 3.05) is 25.4 Å². The maximum absolute atomic E-state index is 13.4. The van der Waals surface area contributed by atoms with Gasteiger partial charge in [-0.1, -0.05) is 0 Å². The molecule has 0 amide bonds. The van der Waals surface area contributed by atoms with Crippen LogP contribution in [0.15, 0.2) is 55.0 Å². The van der Waals surface area contributed by atoms with E-state index in [9.17, 15) is 8.42 Å². The fraction of sp³-hybridized carbons (Fsp3) is 0.433. The number of rotatable bonds is 7. The Morgan fingerprint density at radius 3 is 2.64 bits per heavy atom. The van der Waals surface area contributed by atoms with Gasteiger partial charge in [0.1, 0.15) is 11.4 Å². The van der Waals surface area contributed by atoms with E-state index in [1.54, 1.807) is 28.6 Å². The molecular weight excluding hydrogens is 510 g/mol. The van der Waals surface area contributed by atoms with Gasteiger partial charge in [-0.05, 0) is 92.3 Å². The second-order valence-corrected chi connectivity index (χ2v) is 13.0. The van der Waals surface area contributed by atoms with Gasteiger partial charge in [-0.3, -0.25) is 4.98 Å². The highest BCUT2D eigenvalue weighted by Crippen LogP contribution is 2.40. The average molecular weight is 544 g/mol. The van der Waals surface area contributed by atoms with E-state index in [0.29, 0.717) is 36.9 Å². The number of nitrogens with one attached hydrogen (secondary N) is 1. The smallest absolute Gasteiger partial charge is 0.214 e.